The minimum Gasteiger partial charge on any atom is -0.361 e. The lowest BCUT2D eigenvalue weighted by atomic mass is 10.1. The van der Waals surface area contributed by atoms with Crippen molar-refractivity contribution in [2.24, 2.45) is 0 Å². The first-order chi connectivity index (χ1) is 10.0. The molecule has 108 valence electrons. The van der Waals surface area contributed by atoms with E-state index in [9.17, 15) is 14.5 Å². The fourth-order valence-corrected chi connectivity index (χ4v) is 2.63. The van der Waals surface area contributed by atoms with E-state index in [1.807, 2.05) is 6.07 Å². The Morgan fingerprint density at radius 2 is 2.24 bits per heavy atom. The Kier molecular flexibility index (Phi) is 3.59. The monoisotopic (exact) mass is 351 g/mol. The highest BCUT2D eigenvalue weighted by molar-refractivity contribution is 9.10. The highest BCUT2D eigenvalue weighted by Crippen LogP contribution is 2.43. The molecular formula is C14H11BrFN3O2. The number of benzene rings is 1. The second kappa shape index (κ2) is 5.40. The number of halogens is 2. The Morgan fingerprint density at radius 3 is 2.95 bits per heavy atom. The van der Waals surface area contributed by atoms with Gasteiger partial charge in [-0.05, 0) is 40.0 Å². The van der Waals surface area contributed by atoms with Gasteiger partial charge in [0.1, 0.15) is 5.82 Å². The van der Waals surface area contributed by atoms with Crippen molar-refractivity contribution in [3.05, 3.63) is 62.5 Å². The molecule has 0 radical (unpaired) electrons. The number of nitro groups is 1. The van der Waals surface area contributed by atoms with E-state index >= 15 is 0 Å². The molecule has 1 fully saturated rings. The molecule has 0 spiro atoms. The Morgan fingerprint density at radius 1 is 1.43 bits per heavy atom. The van der Waals surface area contributed by atoms with Crippen LogP contribution in [0.1, 0.15) is 17.9 Å². The molecule has 21 heavy (non-hydrogen) atoms. The molecule has 7 heteroatoms. The molecule has 1 aliphatic rings. The van der Waals surface area contributed by atoms with Crippen molar-refractivity contribution in [1.82, 2.24) is 4.98 Å². The van der Waals surface area contributed by atoms with Crippen molar-refractivity contribution in [2.45, 2.75) is 18.4 Å². The topological polar surface area (TPSA) is 68.1 Å². The number of hydrogen-bond donors (Lipinski definition) is 1. The van der Waals surface area contributed by atoms with E-state index in [1.54, 1.807) is 6.07 Å². The van der Waals surface area contributed by atoms with Gasteiger partial charge in [-0.3, -0.25) is 10.1 Å². The Bertz CT molecular complexity index is 710. The lowest BCUT2D eigenvalue weighted by Gasteiger charge is -2.06. The van der Waals surface area contributed by atoms with Crippen LogP contribution in [0.5, 0.6) is 0 Å². The van der Waals surface area contributed by atoms with Gasteiger partial charge in [0, 0.05) is 28.7 Å². The first-order valence-corrected chi connectivity index (χ1v) is 7.16. The minimum absolute atomic E-state index is 0.0409. The van der Waals surface area contributed by atoms with Crippen LogP contribution in [0.3, 0.4) is 0 Å². The predicted octanol–water partition coefficient (Wildman–Crippen LogP) is 3.86. The molecule has 2 atom stereocenters. The third-order valence-corrected chi connectivity index (χ3v) is 3.85. The van der Waals surface area contributed by atoms with Crippen LogP contribution < -0.4 is 5.32 Å². The van der Waals surface area contributed by atoms with Crippen molar-refractivity contribution in [3.8, 4) is 0 Å². The van der Waals surface area contributed by atoms with Crippen LogP contribution in [0.2, 0.25) is 0 Å². The van der Waals surface area contributed by atoms with Crippen molar-refractivity contribution in [1.29, 1.82) is 0 Å². The van der Waals surface area contributed by atoms with E-state index in [0.29, 0.717) is 4.47 Å². The SMILES string of the molecule is O=[N+]([O-])c1cc(Br)cnc1N[C@@H]1C[C@H]1c1cccc(F)c1. The summed E-state index contributed by atoms with van der Waals surface area (Å²) in [7, 11) is 0. The fourth-order valence-electron chi connectivity index (χ4n) is 2.31. The average molecular weight is 352 g/mol. The number of nitrogens with zero attached hydrogens (tertiary/aromatic N) is 2. The van der Waals surface area contributed by atoms with Gasteiger partial charge in [0.05, 0.1) is 4.92 Å². The predicted molar refractivity (Wildman–Crippen MR) is 79.8 cm³/mol. The fraction of sp³-hybridized carbons (Fsp3) is 0.214. The Balaban J connectivity index is 1.76. The number of hydrogen-bond acceptors (Lipinski definition) is 4. The first kappa shape index (κ1) is 13.9. The van der Waals surface area contributed by atoms with Crippen LogP contribution in [0, 0.1) is 15.9 Å². The summed E-state index contributed by atoms with van der Waals surface area (Å²) in [6.07, 6.45) is 2.31. The average Bonchev–Trinajstić information content (AvgIpc) is 3.20. The summed E-state index contributed by atoms with van der Waals surface area (Å²) in [5.74, 6) is 0.128. The lowest BCUT2D eigenvalue weighted by Crippen LogP contribution is -2.08. The van der Waals surface area contributed by atoms with E-state index in [2.05, 4.69) is 26.2 Å². The maximum atomic E-state index is 13.2. The number of pyridine rings is 1. The van der Waals surface area contributed by atoms with Crippen molar-refractivity contribution >= 4 is 27.4 Å². The summed E-state index contributed by atoms with van der Waals surface area (Å²) >= 11 is 3.17. The van der Waals surface area contributed by atoms with E-state index < -0.39 is 4.92 Å². The number of rotatable bonds is 4. The molecule has 1 N–H and O–H groups in total. The van der Waals surface area contributed by atoms with Crippen LogP contribution in [0.25, 0.3) is 0 Å². The van der Waals surface area contributed by atoms with E-state index in [0.717, 1.165) is 12.0 Å². The van der Waals surface area contributed by atoms with Crippen LogP contribution in [0.15, 0.2) is 41.0 Å². The zero-order valence-corrected chi connectivity index (χ0v) is 12.4. The van der Waals surface area contributed by atoms with E-state index in [4.69, 9.17) is 0 Å². The second-order valence-electron chi connectivity index (χ2n) is 4.93. The lowest BCUT2D eigenvalue weighted by molar-refractivity contribution is -0.384. The van der Waals surface area contributed by atoms with Gasteiger partial charge in [0.15, 0.2) is 0 Å². The van der Waals surface area contributed by atoms with Gasteiger partial charge >= 0.3 is 5.69 Å². The third kappa shape index (κ3) is 3.02. The molecule has 0 amide bonds. The zero-order valence-electron chi connectivity index (χ0n) is 10.8. The maximum Gasteiger partial charge on any atom is 0.312 e. The van der Waals surface area contributed by atoms with Crippen molar-refractivity contribution in [2.75, 3.05) is 5.32 Å². The van der Waals surface area contributed by atoms with Crippen LogP contribution in [-0.4, -0.2) is 15.9 Å². The molecule has 0 bridgehead atoms. The number of anilines is 1. The van der Waals surface area contributed by atoms with Gasteiger partial charge in [-0.2, -0.15) is 0 Å². The van der Waals surface area contributed by atoms with Crippen LogP contribution in [0.4, 0.5) is 15.9 Å². The van der Waals surface area contributed by atoms with Crippen LogP contribution >= 0.6 is 15.9 Å². The molecule has 1 aromatic carbocycles. The minimum atomic E-state index is -0.473. The molecule has 1 aromatic heterocycles. The highest BCUT2D eigenvalue weighted by Gasteiger charge is 2.39. The molecule has 1 aliphatic carbocycles. The van der Waals surface area contributed by atoms with Crippen molar-refractivity contribution < 1.29 is 9.31 Å². The van der Waals surface area contributed by atoms with Gasteiger partial charge in [0.25, 0.3) is 0 Å². The molecule has 3 rings (SSSR count). The summed E-state index contributed by atoms with van der Waals surface area (Å²) in [6.45, 7) is 0. The molecular weight excluding hydrogens is 341 g/mol. The standard InChI is InChI=1S/C14H11BrFN3O2/c15-9-5-13(19(20)21)14(17-7-9)18-12-6-11(12)8-2-1-3-10(16)4-8/h1-5,7,11-12H,6H2,(H,17,18)/t11-,12+/m0/s1. The maximum absolute atomic E-state index is 13.2. The van der Waals surface area contributed by atoms with E-state index in [1.165, 1.54) is 24.4 Å². The smallest absolute Gasteiger partial charge is 0.312 e. The molecule has 0 unspecified atom stereocenters. The van der Waals surface area contributed by atoms with Gasteiger partial charge in [-0.1, -0.05) is 12.1 Å². The third-order valence-electron chi connectivity index (χ3n) is 3.42. The van der Waals surface area contributed by atoms with Gasteiger partial charge in [-0.25, -0.2) is 9.37 Å². The highest BCUT2D eigenvalue weighted by atomic mass is 79.9. The normalized spacial score (nSPS) is 20.1. The first-order valence-electron chi connectivity index (χ1n) is 6.36. The number of nitrogens with one attached hydrogen (secondary N) is 1. The largest absolute Gasteiger partial charge is 0.361 e. The second-order valence-corrected chi connectivity index (χ2v) is 5.84. The zero-order chi connectivity index (χ0) is 15.0. The summed E-state index contributed by atoms with van der Waals surface area (Å²) in [6, 6.07) is 7.87. The molecule has 2 aromatic rings. The molecule has 1 saturated carbocycles. The van der Waals surface area contributed by atoms with Gasteiger partial charge < -0.3 is 5.32 Å². The summed E-state index contributed by atoms with van der Waals surface area (Å²) < 4.78 is 13.7. The van der Waals surface area contributed by atoms with E-state index in [-0.39, 0.29) is 29.3 Å². The quantitative estimate of drug-likeness (QED) is 0.670. The summed E-state index contributed by atoms with van der Waals surface area (Å²) in [4.78, 5) is 14.6. The van der Waals surface area contributed by atoms with Crippen molar-refractivity contribution in [3.63, 3.8) is 0 Å². The molecule has 0 saturated heterocycles. The summed E-state index contributed by atoms with van der Waals surface area (Å²) in [5, 5.41) is 14.1. The summed E-state index contributed by atoms with van der Waals surface area (Å²) in [5.41, 5.74) is 0.821. The number of aromatic nitrogens is 1. The molecule has 1 heterocycles. The molecule has 0 aliphatic heterocycles. The Labute approximate surface area is 128 Å². The molecule has 5 nitrogen and oxygen atoms in total. The Hall–Kier alpha value is -2.02. The van der Waals surface area contributed by atoms with Crippen LogP contribution in [-0.2, 0) is 0 Å². The van der Waals surface area contributed by atoms with Gasteiger partial charge in [0.2, 0.25) is 5.82 Å². The van der Waals surface area contributed by atoms with Gasteiger partial charge in [-0.15, -0.1) is 0 Å².